The first kappa shape index (κ1) is 16.2. The number of nitrogens with zero attached hydrogens (tertiary/aromatic N) is 3. The second-order valence-corrected chi connectivity index (χ2v) is 9.34. The number of rotatable bonds is 0. The molecule has 0 spiro atoms. The Morgan fingerprint density at radius 2 is 1.96 bits per heavy atom. The van der Waals surface area contributed by atoms with Gasteiger partial charge in [-0.15, -0.1) is 0 Å². The van der Waals surface area contributed by atoms with E-state index in [1.807, 2.05) is 0 Å². The van der Waals surface area contributed by atoms with Crippen molar-refractivity contribution in [3.8, 4) is 0 Å². The summed E-state index contributed by atoms with van der Waals surface area (Å²) in [6, 6.07) is 8.01. The lowest BCUT2D eigenvalue weighted by molar-refractivity contribution is -0.0142. The summed E-state index contributed by atoms with van der Waals surface area (Å²) in [5.41, 5.74) is 11.3. The molecule has 4 aliphatic rings. The molecule has 4 nitrogen and oxygen atoms in total. The highest BCUT2D eigenvalue weighted by Gasteiger charge is 2.50. The van der Waals surface area contributed by atoms with Crippen molar-refractivity contribution < 1.29 is 0 Å². The van der Waals surface area contributed by atoms with E-state index in [0.29, 0.717) is 6.04 Å². The van der Waals surface area contributed by atoms with Gasteiger partial charge in [0.05, 0.1) is 5.52 Å². The standard InChI is InChI=1S/C23H30N4/c1-14-6-8-19-18(12-14)21(24)17-7-9-20-16-5-3-11-26-10-2-4-15(22(16)26)13-27(20)23(17)25-19/h6,8,12,15-16,20,22H,2-5,7,9-11,13H2,1H3,(H2,24,25)/t15-,16+,20+,22-/m0/s1. The Morgan fingerprint density at radius 1 is 1.11 bits per heavy atom. The third-order valence-electron chi connectivity index (χ3n) is 7.90. The quantitative estimate of drug-likeness (QED) is 0.775. The van der Waals surface area contributed by atoms with Crippen LogP contribution in [0.1, 0.15) is 43.2 Å². The van der Waals surface area contributed by atoms with Crippen LogP contribution in [0.25, 0.3) is 10.9 Å². The number of piperidine rings is 3. The van der Waals surface area contributed by atoms with E-state index in [-0.39, 0.29) is 0 Å². The van der Waals surface area contributed by atoms with E-state index >= 15 is 0 Å². The lowest BCUT2D eigenvalue weighted by Crippen LogP contribution is -2.65. The first-order chi connectivity index (χ1) is 13.2. The van der Waals surface area contributed by atoms with Gasteiger partial charge in [0.1, 0.15) is 5.82 Å². The van der Waals surface area contributed by atoms with Crippen molar-refractivity contribution in [2.24, 2.45) is 11.8 Å². The van der Waals surface area contributed by atoms with E-state index in [2.05, 4.69) is 34.9 Å². The Kier molecular flexibility index (Phi) is 3.50. The zero-order valence-corrected chi connectivity index (χ0v) is 16.3. The van der Waals surface area contributed by atoms with E-state index in [4.69, 9.17) is 10.7 Å². The number of aryl methyl sites for hydroxylation is 1. The van der Waals surface area contributed by atoms with Crippen LogP contribution in [0.3, 0.4) is 0 Å². The third kappa shape index (κ3) is 2.29. The molecule has 0 unspecified atom stereocenters. The number of anilines is 2. The molecule has 3 saturated heterocycles. The maximum atomic E-state index is 6.69. The van der Waals surface area contributed by atoms with Crippen LogP contribution in [0.5, 0.6) is 0 Å². The Hall–Kier alpha value is -1.81. The first-order valence-corrected chi connectivity index (χ1v) is 10.9. The number of aromatic nitrogens is 1. The van der Waals surface area contributed by atoms with E-state index in [0.717, 1.165) is 40.9 Å². The lowest BCUT2D eigenvalue weighted by Gasteiger charge is -2.59. The van der Waals surface area contributed by atoms with E-state index in [1.165, 1.54) is 68.7 Å². The summed E-state index contributed by atoms with van der Waals surface area (Å²) in [5.74, 6) is 2.84. The minimum Gasteiger partial charge on any atom is -0.398 e. The second kappa shape index (κ2) is 5.84. The molecular weight excluding hydrogens is 332 g/mol. The zero-order chi connectivity index (χ0) is 18.1. The topological polar surface area (TPSA) is 45.4 Å². The summed E-state index contributed by atoms with van der Waals surface area (Å²) in [4.78, 5) is 10.7. The predicted molar refractivity (Wildman–Crippen MR) is 111 cm³/mol. The molecule has 4 aliphatic heterocycles. The Balaban J connectivity index is 1.47. The van der Waals surface area contributed by atoms with Crippen LogP contribution in [-0.4, -0.2) is 41.6 Å². The van der Waals surface area contributed by atoms with Crippen molar-refractivity contribution in [2.45, 2.75) is 57.5 Å². The Labute approximate surface area is 161 Å². The number of hydrogen-bond acceptors (Lipinski definition) is 4. The first-order valence-electron chi connectivity index (χ1n) is 10.9. The van der Waals surface area contributed by atoms with Gasteiger partial charge >= 0.3 is 0 Å². The largest absolute Gasteiger partial charge is 0.398 e. The highest BCUT2D eigenvalue weighted by atomic mass is 15.3. The molecule has 2 aromatic rings. The van der Waals surface area contributed by atoms with Crippen molar-refractivity contribution in [2.75, 3.05) is 30.3 Å². The maximum absolute atomic E-state index is 6.69. The molecule has 5 heterocycles. The minimum absolute atomic E-state index is 0.662. The Bertz CT molecular complexity index is 905. The van der Waals surface area contributed by atoms with Gasteiger partial charge in [-0.3, -0.25) is 4.90 Å². The number of fused-ring (bicyclic) bond motifs is 5. The van der Waals surface area contributed by atoms with Crippen LogP contribution in [0.4, 0.5) is 11.5 Å². The van der Waals surface area contributed by atoms with E-state index in [9.17, 15) is 0 Å². The number of hydrogen-bond donors (Lipinski definition) is 1. The molecule has 27 heavy (non-hydrogen) atoms. The summed E-state index contributed by atoms with van der Waals surface area (Å²) in [7, 11) is 0. The van der Waals surface area contributed by atoms with Crippen molar-refractivity contribution in [3.05, 3.63) is 29.3 Å². The van der Waals surface area contributed by atoms with Gasteiger partial charge in [0.25, 0.3) is 0 Å². The SMILES string of the molecule is Cc1ccc2nc3c(c(N)c2c1)CC[C@@H]1[C@H]2CCCN4CCC[C@@H](CN31)[C@@H]24. The highest BCUT2D eigenvalue weighted by molar-refractivity contribution is 5.95. The van der Waals surface area contributed by atoms with Gasteiger partial charge in [-0.1, -0.05) is 11.6 Å². The van der Waals surface area contributed by atoms with Gasteiger partial charge in [-0.25, -0.2) is 4.98 Å². The van der Waals surface area contributed by atoms with Crippen LogP contribution < -0.4 is 10.6 Å². The van der Waals surface area contributed by atoms with Gasteiger partial charge < -0.3 is 10.6 Å². The maximum Gasteiger partial charge on any atom is 0.134 e. The zero-order valence-electron chi connectivity index (χ0n) is 16.3. The number of pyridine rings is 1. The lowest BCUT2D eigenvalue weighted by atomic mass is 9.68. The van der Waals surface area contributed by atoms with Crippen LogP contribution in [-0.2, 0) is 6.42 Å². The molecule has 2 N–H and O–H groups in total. The molecule has 0 bridgehead atoms. The molecule has 0 amide bonds. The van der Waals surface area contributed by atoms with Gasteiger partial charge in [-0.2, -0.15) is 0 Å². The average molecular weight is 363 g/mol. The fraction of sp³-hybridized carbons (Fsp3) is 0.609. The van der Waals surface area contributed by atoms with Gasteiger partial charge in [0.2, 0.25) is 0 Å². The molecule has 3 fully saturated rings. The van der Waals surface area contributed by atoms with Crippen molar-refractivity contribution in [3.63, 3.8) is 0 Å². The monoisotopic (exact) mass is 362 g/mol. The molecule has 6 rings (SSSR count). The number of benzene rings is 1. The molecule has 0 radical (unpaired) electrons. The molecular formula is C23H30N4. The number of nitrogens with two attached hydrogens (primary N) is 1. The van der Waals surface area contributed by atoms with Crippen LogP contribution in [0.15, 0.2) is 18.2 Å². The summed E-state index contributed by atoms with van der Waals surface area (Å²) in [6.07, 6.45) is 7.86. The normalized spacial score (nSPS) is 32.7. The fourth-order valence-electron chi connectivity index (χ4n) is 6.81. The predicted octanol–water partition coefficient (Wildman–Crippen LogP) is 3.75. The summed E-state index contributed by atoms with van der Waals surface area (Å²) >= 11 is 0. The highest BCUT2D eigenvalue weighted by Crippen LogP contribution is 2.48. The molecule has 0 aliphatic carbocycles. The van der Waals surface area contributed by atoms with Crippen molar-refractivity contribution in [1.29, 1.82) is 0 Å². The molecule has 1 aromatic carbocycles. The van der Waals surface area contributed by atoms with Crippen LogP contribution in [0, 0.1) is 18.8 Å². The average Bonchev–Trinajstić information content (AvgIpc) is 2.69. The van der Waals surface area contributed by atoms with E-state index < -0.39 is 0 Å². The summed E-state index contributed by atoms with van der Waals surface area (Å²) in [6.45, 7) is 5.97. The van der Waals surface area contributed by atoms with E-state index in [1.54, 1.807) is 0 Å². The molecule has 4 heteroatoms. The second-order valence-electron chi connectivity index (χ2n) is 9.34. The van der Waals surface area contributed by atoms with Crippen LogP contribution in [0.2, 0.25) is 0 Å². The molecule has 142 valence electrons. The van der Waals surface area contributed by atoms with Gasteiger partial charge in [0, 0.05) is 35.3 Å². The summed E-state index contributed by atoms with van der Waals surface area (Å²) < 4.78 is 0. The van der Waals surface area contributed by atoms with Gasteiger partial charge in [0.15, 0.2) is 0 Å². The molecule has 4 atom stereocenters. The molecule has 0 saturated carbocycles. The third-order valence-corrected chi connectivity index (χ3v) is 7.90. The van der Waals surface area contributed by atoms with Crippen LogP contribution >= 0.6 is 0 Å². The van der Waals surface area contributed by atoms with Crippen molar-refractivity contribution >= 4 is 22.4 Å². The van der Waals surface area contributed by atoms with Crippen molar-refractivity contribution in [1.82, 2.24) is 9.88 Å². The Morgan fingerprint density at radius 3 is 2.85 bits per heavy atom. The summed E-state index contributed by atoms with van der Waals surface area (Å²) in [5, 5.41) is 1.14. The minimum atomic E-state index is 0.662. The fourth-order valence-corrected chi connectivity index (χ4v) is 6.81. The molecule has 1 aromatic heterocycles. The number of nitrogen functional groups attached to an aromatic ring is 1. The smallest absolute Gasteiger partial charge is 0.134 e. The van der Waals surface area contributed by atoms with Gasteiger partial charge in [-0.05, 0) is 82.5 Å².